The SMILES string of the molecule is CC(C)C(CN)C(O)C(F)(F)F. The first-order valence-corrected chi connectivity index (χ1v) is 3.75. The lowest BCUT2D eigenvalue weighted by molar-refractivity contribution is -0.222. The van der Waals surface area contributed by atoms with Gasteiger partial charge in [0.2, 0.25) is 0 Å². The van der Waals surface area contributed by atoms with Crippen LogP contribution in [0.3, 0.4) is 0 Å². The molecule has 0 aromatic rings. The van der Waals surface area contributed by atoms with Gasteiger partial charge in [0.15, 0.2) is 6.10 Å². The van der Waals surface area contributed by atoms with Gasteiger partial charge in [-0.05, 0) is 12.5 Å². The highest BCUT2D eigenvalue weighted by Crippen LogP contribution is 2.28. The standard InChI is InChI=1S/C7H14F3NO/c1-4(2)5(3-11)6(12)7(8,9)10/h4-6,12H,3,11H2,1-2H3. The summed E-state index contributed by atoms with van der Waals surface area (Å²) < 4.78 is 35.8. The third kappa shape index (κ3) is 2.98. The van der Waals surface area contributed by atoms with Gasteiger partial charge >= 0.3 is 6.18 Å². The Hall–Kier alpha value is -0.290. The Morgan fingerprint density at radius 2 is 1.75 bits per heavy atom. The Bertz CT molecular complexity index is 135. The van der Waals surface area contributed by atoms with Gasteiger partial charge in [-0.1, -0.05) is 13.8 Å². The molecular weight excluding hydrogens is 171 g/mol. The minimum Gasteiger partial charge on any atom is -0.383 e. The molecule has 0 aliphatic carbocycles. The highest BCUT2D eigenvalue weighted by Gasteiger charge is 2.43. The van der Waals surface area contributed by atoms with Crippen molar-refractivity contribution in [1.29, 1.82) is 0 Å². The maximum absolute atomic E-state index is 11.9. The molecule has 12 heavy (non-hydrogen) atoms. The molecule has 0 spiro atoms. The van der Waals surface area contributed by atoms with Crippen LogP contribution in [-0.4, -0.2) is 23.9 Å². The molecule has 0 saturated heterocycles. The van der Waals surface area contributed by atoms with Crippen LogP contribution in [0.4, 0.5) is 13.2 Å². The Labute approximate surface area is 69.6 Å². The number of aliphatic hydroxyl groups excluding tert-OH is 1. The lowest BCUT2D eigenvalue weighted by Crippen LogP contribution is -2.42. The summed E-state index contributed by atoms with van der Waals surface area (Å²) in [4.78, 5) is 0. The Morgan fingerprint density at radius 3 is 1.83 bits per heavy atom. The molecule has 0 aromatic carbocycles. The zero-order valence-electron chi connectivity index (χ0n) is 7.10. The van der Waals surface area contributed by atoms with Crippen molar-refractivity contribution in [2.45, 2.75) is 26.1 Å². The van der Waals surface area contributed by atoms with Crippen LogP contribution in [0.2, 0.25) is 0 Å². The molecule has 0 aliphatic rings. The third-order valence-corrected chi connectivity index (χ3v) is 1.87. The van der Waals surface area contributed by atoms with Crippen LogP contribution in [0.1, 0.15) is 13.8 Å². The highest BCUT2D eigenvalue weighted by molar-refractivity contribution is 4.78. The van der Waals surface area contributed by atoms with Gasteiger partial charge in [-0.15, -0.1) is 0 Å². The summed E-state index contributed by atoms with van der Waals surface area (Å²) >= 11 is 0. The van der Waals surface area contributed by atoms with Gasteiger partial charge in [-0.3, -0.25) is 0 Å². The summed E-state index contributed by atoms with van der Waals surface area (Å²) in [6, 6.07) is 0. The molecule has 0 heterocycles. The first-order chi connectivity index (χ1) is 5.30. The molecule has 0 rings (SSSR count). The molecule has 74 valence electrons. The van der Waals surface area contributed by atoms with Crippen LogP contribution < -0.4 is 5.73 Å². The van der Waals surface area contributed by atoms with Gasteiger partial charge in [0, 0.05) is 5.92 Å². The van der Waals surface area contributed by atoms with Crippen LogP contribution in [0.15, 0.2) is 0 Å². The van der Waals surface area contributed by atoms with Crippen molar-refractivity contribution in [2.75, 3.05) is 6.54 Å². The summed E-state index contributed by atoms with van der Waals surface area (Å²) in [7, 11) is 0. The van der Waals surface area contributed by atoms with Crippen molar-refractivity contribution in [3.8, 4) is 0 Å². The second-order valence-corrected chi connectivity index (χ2v) is 3.13. The molecule has 0 radical (unpaired) electrons. The van der Waals surface area contributed by atoms with Gasteiger partial charge in [0.05, 0.1) is 0 Å². The van der Waals surface area contributed by atoms with E-state index in [0.29, 0.717) is 0 Å². The second kappa shape index (κ2) is 4.09. The predicted octanol–water partition coefficient (Wildman–Crippen LogP) is 1.14. The van der Waals surface area contributed by atoms with Crippen molar-refractivity contribution in [1.82, 2.24) is 0 Å². The summed E-state index contributed by atoms with van der Waals surface area (Å²) in [5.74, 6) is -1.18. The molecule has 0 aromatic heterocycles. The minimum absolute atomic E-state index is 0.154. The number of halogens is 3. The third-order valence-electron chi connectivity index (χ3n) is 1.87. The number of alkyl halides is 3. The number of hydrogen-bond donors (Lipinski definition) is 2. The van der Waals surface area contributed by atoms with Gasteiger partial charge in [0.1, 0.15) is 0 Å². The Balaban J connectivity index is 4.32. The first-order valence-electron chi connectivity index (χ1n) is 3.75. The van der Waals surface area contributed by atoms with Crippen molar-refractivity contribution >= 4 is 0 Å². The van der Waals surface area contributed by atoms with E-state index in [-0.39, 0.29) is 12.5 Å². The lowest BCUT2D eigenvalue weighted by Gasteiger charge is -2.26. The van der Waals surface area contributed by atoms with E-state index < -0.39 is 18.2 Å². The van der Waals surface area contributed by atoms with Crippen molar-refractivity contribution in [3.05, 3.63) is 0 Å². The summed E-state index contributed by atoms with van der Waals surface area (Å²) in [5.41, 5.74) is 5.11. The molecule has 0 amide bonds. The fourth-order valence-corrected chi connectivity index (χ4v) is 1.01. The molecule has 2 nitrogen and oxygen atoms in total. The van der Waals surface area contributed by atoms with Crippen LogP contribution in [0.25, 0.3) is 0 Å². The lowest BCUT2D eigenvalue weighted by atomic mass is 9.90. The largest absolute Gasteiger partial charge is 0.414 e. The normalized spacial score (nSPS) is 18.0. The molecule has 2 atom stereocenters. The monoisotopic (exact) mass is 185 g/mol. The summed E-state index contributed by atoms with van der Waals surface area (Å²) in [5, 5.41) is 8.81. The predicted molar refractivity (Wildman–Crippen MR) is 39.4 cm³/mol. The Kier molecular flexibility index (Phi) is 3.99. The highest BCUT2D eigenvalue weighted by atomic mass is 19.4. The zero-order chi connectivity index (χ0) is 9.94. The average molecular weight is 185 g/mol. The number of rotatable bonds is 3. The maximum Gasteiger partial charge on any atom is 0.414 e. The fourth-order valence-electron chi connectivity index (χ4n) is 1.01. The zero-order valence-corrected chi connectivity index (χ0v) is 7.10. The smallest absolute Gasteiger partial charge is 0.383 e. The van der Waals surface area contributed by atoms with Crippen LogP contribution in [0.5, 0.6) is 0 Å². The van der Waals surface area contributed by atoms with E-state index >= 15 is 0 Å². The van der Waals surface area contributed by atoms with Crippen molar-refractivity contribution in [3.63, 3.8) is 0 Å². The quantitative estimate of drug-likeness (QED) is 0.692. The van der Waals surface area contributed by atoms with Gasteiger partial charge < -0.3 is 10.8 Å². The Morgan fingerprint density at radius 1 is 1.33 bits per heavy atom. The summed E-state index contributed by atoms with van der Waals surface area (Å²) in [6.07, 6.45) is -6.86. The fraction of sp³-hybridized carbons (Fsp3) is 1.00. The molecule has 0 bridgehead atoms. The van der Waals surface area contributed by atoms with Crippen molar-refractivity contribution in [2.24, 2.45) is 17.6 Å². The molecule has 2 unspecified atom stereocenters. The van der Waals surface area contributed by atoms with Crippen LogP contribution in [-0.2, 0) is 0 Å². The molecule has 0 fully saturated rings. The molecular formula is C7H14F3NO. The number of hydrogen-bond acceptors (Lipinski definition) is 2. The van der Waals surface area contributed by atoms with E-state index in [1.165, 1.54) is 0 Å². The summed E-state index contributed by atoms with van der Waals surface area (Å²) in [6.45, 7) is 3.05. The molecule has 0 aliphatic heterocycles. The van der Waals surface area contributed by atoms with Crippen molar-refractivity contribution < 1.29 is 18.3 Å². The van der Waals surface area contributed by atoms with E-state index in [0.717, 1.165) is 0 Å². The van der Waals surface area contributed by atoms with E-state index in [2.05, 4.69) is 0 Å². The van der Waals surface area contributed by atoms with E-state index in [4.69, 9.17) is 10.8 Å². The molecule has 0 saturated carbocycles. The molecule has 3 N–H and O–H groups in total. The maximum atomic E-state index is 11.9. The van der Waals surface area contributed by atoms with Crippen LogP contribution >= 0.6 is 0 Å². The number of aliphatic hydroxyl groups is 1. The van der Waals surface area contributed by atoms with Gasteiger partial charge in [-0.25, -0.2) is 0 Å². The van der Waals surface area contributed by atoms with Crippen LogP contribution in [0, 0.1) is 11.8 Å². The average Bonchev–Trinajstić information content (AvgIpc) is 1.86. The second-order valence-electron chi connectivity index (χ2n) is 3.13. The molecule has 5 heteroatoms. The first kappa shape index (κ1) is 11.7. The van der Waals surface area contributed by atoms with E-state index in [1.807, 2.05) is 0 Å². The van der Waals surface area contributed by atoms with Gasteiger partial charge in [0.25, 0.3) is 0 Å². The minimum atomic E-state index is -4.56. The van der Waals surface area contributed by atoms with E-state index in [1.54, 1.807) is 13.8 Å². The van der Waals surface area contributed by atoms with E-state index in [9.17, 15) is 13.2 Å². The number of nitrogens with two attached hydrogens (primary N) is 1. The topological polar surface area (TPSA) is 46.2 Å². The van der Waals surface area contributed by atoms with Gasteiger partial charge in [-0.2, -0.15) is 13.2 Å².